The van der Waals surface area contributed by atoms with E-state index >= 15 is 0 Å². The summed E-state index contributed by atoms with van der Waals surface area (Å²) in [5.41, 5.74) is 0. The molecule has 0 bridgehead atoms. The number of benzene rings is 1. The van der Waals surface area contributed by atoms with Gasteiger partial charge < -0.3 is 14.8 Å². The van der Waals surface area contributed by atoms with Gasteiger partial charge >= 0.3 is 0 Å². The van der Waals surface area contributed by atoms with Crippen LogP contribution >= 0.6 is 0 Å². The Morgan fingerprint density at radius 2 is 2.00 bits per heavy atom. The van der Waals surface area contributed by atoms with Gasteiger partial charge in [0.1, 0.15) is 11.5 Å². The molecule has 0 fully saturated rings. The number of terminal acetylenes is 1. The molecule has 1 aromatic rings. The first-order valence-corrected chi connectivity index (χ1v) is 5.23. The molecule has 0 aliphatic carbocycles. The third-order valence-electron chi connectivity index (χ3n) is 2.02. The summed E-state index contributed by atoms with van der Waals surface area (Å²) in [5, 5.41) is 2.65. The first-order valence-electron chi connectivity index (χ1n) is 5.23. The second kappa shape index (κ2) is 7.18. The fourth-order valence-corrected chi connectivity index (χ4v) is 1.15. The maximum atomic E-state index is 11.3. The second-order valence-corrected chi connectivity index (χ2v) is 3.27. The highest BCUT2D eigenvalue weighted by Crippen LogP contribution is 2.16. The highest BCUT2D eigenvalue weighted by molar-refractivity contribution is 5.77. The topological polar surface area (TPSA) is 47.6 Å². The quantitative estimate of drug-likeness (QED) is 0.593. The molecule has 0 spiro atoms. The molecule has 0 aliphatic rings. The molecule has 0 aliphatic heterocycles. The van der Waals surface area contributed by atoms with Crippen LogP contribution in [-0.4, -0.2) is 26.2 Å². The average molecular weight is 233 g/mol. The highest BCUT2D eigenvalue weighted by Gasteiger charge is 2.01. The van der Waals surface area contributed by atoms with Crippen LogP contribution < -0.4 is 14.8 Å². The molecule has 1 rings (SSSR count). The van der Waals surface area contributed by atoms with Crippen LogP contribution in [0.5, 0.6) is 11.5 Å². The first kappa shape index (κ1) is 12.9. The van der Waals surface area contributed by atoms with Gasteiger partial charge in [-0.2, -0.15) is 0 Å². The largest absolute Gasteiger partial charge is 0.497 e. The first-order chi connectivity index (χ1) is 8.26. The van der Waals surface area contributed by atoms with E-state index in [4.69, 9.17) is 15.9 Å². The number of rotatable bonds is 6. The van der Waals surface area contributed by atoms with Crippen molar-refractivity contribution in [2.24, 2.45) is 0 Å². The molecule has 4 nitrogen and oxygen atoms in total. The Morgan fingerprint density at radius 1 is 1.35 bits per heavy atom. The van der Waals surface area contributed by atoms with Gasteiger partial charge in [-0.3, -0.25) is 4.79 Å². The molecule has 0 aromatic heterocycles. The minimum absolute atomic E-state index is 0.0170. The van der Waals surface area contributed by atoms with Crippen LogP contribution in [0.2, 0.25) is 0 Å². The predicted octanol–water partition coefficient (Wildman–Crippen LogP) is 1.21. The van der Waals surface area contributed by atoms with E-state index in [2.05, 4.69) is 11.2 Å². The van der Waals surface area contributed by atoms with Crippen LogP contribution in [0.15, 0.2) is 24.3 Å². The van der Waals surface area contributed by atoms with Crippen LogP contribution in [0.25, 0.3) is 0 Å². The second-order valence-electron chi connectivity index (χ2n) is 3.27. The summed E-state index contributed by atoms with van der Waals surface area (Å²) in [6.45, 7) is 0.457. The third kappa shape index (κ3) is 4.94. The van der Waals surface area contributed by atoms with Crippen molar-refractivity contribution < 1.29 is 14.3 Å². The fourth-order valence-electron chi connectivity index (χ4n) is 1.15. The number of nitrogens with one attached hydrogen (secondary N) is 1. The van der Waals surface area contributed by atoms with E-state index in [9.17, 15) is 4.79 Å². The minimum atomic E-state index is -0.184. The van der Waals surface area contributed by atoms with Gasteiger partial charge in [-0.1, -0.05) is 0 Å². The van der Waals surface area contributed by atoms with Crippen molar-refractivity contribution in [3.8, 4) is 23.8 Å². The maximum absolute atomic E-state index is 11.3. The lowest BCUT2D eigenvalue weighted by atomic mass is 10.3. The maximum Gasteiger partial charge on any atom is 0.257 e. The summed E-state index contributed by atoms with van der Waals surface area (Å²) < 4.78 is 10.3. The number of hydrogen-bond acceptors (Lipinski definition) is 3. The predicted molar refractivity (Wildman–Crippen MR) is 64.9 cm³/mol. The van der Waals surface area contributed by atoms with E-state index in [1.54, 1.807) is 31.4 Å². The monoisotopic (exact) mass is 233 g/mol. The Morgan fingerprint density at radius 3 is 2.59 bits per heavy atom. The Hall–Kier alpha value is -2.15. The van der Waals surface area contributed by atoms with Crippen molar-refractivity contribution in [2.75, 3.05) is 20.3 Å². The van der Waals surface area contributed by atoms with Gasteiger partial charge in [-0.05, 0) is 24.3 Å². The zero-order valence-corrected chi connectivity index (χ0v) is 9.73. The standard InChI is InChI=1S/C13H15NO3/c1-3-4-9-14-13(15)10-17-12-7-5-11(16-2)6-8-12/h1,5-8H,4,9-10H2,2H3,(H,14,15). The van der Waals surface area contributed by atoms with Crippen LogP contribution in [0.1, 0.15) is 6.42 Å². The van der Waals surface area contributed by atoms with Gasteiger partial charge in [0.2, 0.25) is 0 Å². The van der Waals surface area contributed by atoms with Crippen molar-refractivity contribution in [2.45, 2.75) is 6.42 Å². The van der Waals surface area contributed by atoms with E-state index in [1.165, 1.54) is 0 Å². The number of hydrogen-bond donors (Lipinski definition) is 1. The van der Waals surface area contributed by atoms with Gasteiger partial charge in [0.05, 0.1) is 7.11 Å². The molecule has 90 valence electrons. The number of carbonyl (C=O) groups is 1. The lowest BCUT2D eigenvalue weighted by Gasteiger charge is -2.07. The van der Waals surface area contributed by atoms with E-state index in [-0.39, 0.29) is 12.5 Å². The Kier molecular flexibility index (Phi) is 5.45. The van der Waals surface area contributed by atoms with E-state index < -0.39 is 0 Å². The summed E-state index contributed by atoms with van der Waals surface area (Å²) in [7, 11) is 1.59. The lowest BCUT2D eigenvalue weighted by Crippen LogP contribution is -2.29. The molecule has 1 amide bonds. The average Bonchev–Trinajstić information content (AvgIpc) is 2.37. The summed E-state index contributed by atoms with van der Waals surface area (Å²) in [6.07, 6.45) is 5.58. The van der Waals surface area contributed by atoms with Gasteiger partial charge in [-0.15, -0.1) is 12.3 Å². The van der Waals surface area contributed by atoms with Crippen LogP contribution in [0.3, 0.4) is 0 Å². The minimum Gasteiger partial charge on any atom is -0.497 e. The smallest absolute Gasteiger partial charge is 0.257 e. The fraction of sp³-hybridized carbons (Fsp3) is 0.308. The van der Waals surface area contributed by atoms with E-state index in [1.807, 2.05) is 0 Å². The zero-order valence-electron chi connectivity index (χ0n) is 9.73. The van der Waals surface area contributed by atoms with Crippen molar-refractivity contribution in [1.29, 1.82) is 0 Å². The van der Waals surface area contributed by atoms with Gasteiger partial charge in [-0.25, -0.2) is 0 Å². The van der Waals surface area contributed by atoms with Crippen LogP contribution in [0, 0.1) is 12.3 Å². The molecular weight excluding hydrogens is 218 g/mol. The van der Waals surface area contributed by atoms with Gasteiger partial charge in [0, 0.05) is 13.0 Å². The van der Waals surface area contributed by atoms with E-state index in [0.717, 1.165) is 5.75 Å². The molecule has 0 heterocycles. The normalized spacial score (nSPS) is 9.18. The zero-order chi connectivity index (χ0) is 12.5. The molecule has 1 aromatic carbocycles. The number of methoxy groups -OCH3 is 1. The number of carbonyl (C=O) groups excluding carboxylic acids is 1. The molecule has 4 heteroatoms. The summed E-state index contributed by atoms with van der Waals surface area (Å²) in [4.78, 5) is 11.3. The Bertz CT molecular complexity index is 392. The molecule has 1 N–H and O–H groups in total. The SMILES string of the molecule is C#CCCNC(=O)COc1ccc(OC)cc1. The van der Waals surface area contributed by atoms with Gasteiger partial charge in [0.25, 0.3) is 5.91 Å². The molecular formula is C13H15NO3. The van der Waals surface area contributed by atoms with Crippen molar-refractivity contribution >= 4 is 5.91 Å². The molecule has 0 atom stereocenters. The molecule has 0 saturated carbocycles. The van der Waals surface area contributed by atoms with Crippen molar-refractivity contribution in [1.82, 2.24) is 5.32 Å². The Balaban J connectivity index is 2.29. The summed E-state index contributed by atoms with van der Waals surface area (Å²) >= 11 is 0. The van der Waals surface area contributed by atoms with Crippen molar-refractivity contribution in [3.05, 3.63) is 24.3 Å². The molecule has 17 heavy (non-hydrogen) atoms. The van der Waals surface area contributed by atoms with E-state index in [0.29, 0.717) is 18.7 Å². The molecule has 0 unspecified atom stereocenters. The summed E-state index contributed by atoms with van der Waals surface area (Å²) in [6, 6.07) is 7.03. The lowest BCUT2D eigenvalue weighted by molar-refractivity contribution is -0.123. The Labute approximate surface area is 101 Å². The molecule has 0 saturated heterocycles. The highest BCUT2D eigenvalue weighted by atomic mass is 16.5. The van der Waals surface area contributed by atoms with Crippen LogP contribution in [0.4, 0.5) is 0 Å². The molecule has 0 radical (unpaired) electrons. The summed E-state index contributed by atoms with van der Waals surface area (Å²) in [5.74, 6) is 3.63. The van der Waals surface area contributed by atoms with Crippen LogP contribution in [-0.2, 0) is 4.79 Å². The third-order valence-corrected chi connectivity index (χ3v) is 2.02. The van der Waals surface area contributed by atoms with Gasteiger partial charge in [0.15, 0.2) is 6.61 Å². The van der Waals surface area contributed by atoms with Crippen molar-refractivity contribution in [3.63, 3.8) is 0 Å². The number of amides is 1. The number of ether oxygens (including phenoxy) is 2.